The van der Waals surface area contributed by atoms with Crippen LogP contribution in [-0.2, 0) is 28.5 Å². The summed E-state index contributed by atoms with van der Waals surface area (Å²) in [5, 5.41) is 1.81. The molecule has 2 heterocycles. The SMILES string of the molecule is COCCOC(=O)C1=C(C)N=C(C)C(C(=O)OCCOC)C1c1ccsc1Cl. The van der Waals surface area contributed by atoms with Crippen molar-refractivity contribution in [3.8, 4) is 0 Å². The molecule has 1 aliphatic heterocycles. The topological polar surface area (TPSA) is 83.4 Å². The Labute approximate surface area is 173 Å². The number of methoxy groups -OCH3 is 2. The van der Waals surface area contributed by atoms with E-state index in [1.54, 1.807) is 19.9 Å². The number of allylic oxidation sites excluding steroid dienone is 1. The van der Waals surface area contributed by atoms with E-state index in [0.29, 0.717) is 26.9 Å². The molecule has 0 aliphatic carbocycles. The predicted octanol–water partition coefficient (Wildman–Crippen LogP) is 3.23. The van der Waals surface area contributed by atoms with Gasteiger partial charge >= 0.3 is 11.9 Å². The molecule has 0 spiro atoms. The molecule has 9 heteroatoms. The number of halogens is 1. The van der Waals surface area contributed by atoms with Crippen molar-refractivity contribution in [3.63, 3.8) is 0 Å². The molecule has 0 saturated heterocycles. The van der Waals surface area contributed by atoms with E-state index in [-0.39, 0.29) is 26.4 Å². The van der Waals surface area contributed by atoms with Crippen LogP contribution in [0.4, 0.5) is 0 Å². The molecule has 2 unspecified atom stereocenters. The summed E-state index contributed by atoms with van der Waals surface area (Å²) < 4.78 is 21.0. The average Bonchev–Trinajstić information content (AvgIpc) is 3.06. The summed E-state index contributed by atoms with van der Waals surface area (Å²) in [6.45, 7) is 4.22. The largest absolute Gasteiger partial charge is 0.463 e. The van der Waals surface area contributed by atoms with Crippen molar-refractivity contribution in [2.24, 2.45) is 10.9 Å². The van der Waals surface area contributed by atoms with Crippen LogP contribution in [0.3, 0.4) is 0 Å². The molecule has 154 valence electrons. The van der Waals surface area contributed by atoms with Crippen molar-refractivity contribution in [2.45, 2.75) is 19.8 Å². The summed E-state index contributed by atoms with van der Waals surface area (Å²) in [6, 6.07) is 1.81. The number of esters is 2. The van der Waals surface area contributed by atoms with Crippen LogP contribution in [0.5, 0.6) is 0 Å². The van der Waals surface area contributed by atoms with Crippen LogP contribution >= 0.6 is 22.9 Å². The number of hydrogen-bond acceptors (Lipinski definition) is 8. The van der Waals surface area contributed by atoms with E-state index in [9.17, 15) is 9.59 Å². The highest BCUT2D eigenvalue weighted by Gasteiger charge is 2.43. The van der Waals surface area contributed by atoms with Gasteiger partial charge in [0, 0.05) is 31.5 Å². The second kappa shape index (κ2) is 10.7. The molecule has 1 aromatic heterocycles. The summed E-state index contributed by atoms with van der Waals surface area (Å²) in [7, 11) is 3.04. The summed E-state index contributed by atoms with van der Waals surface area (Å²) in [6.07, 6.45) is 0. The number of hydrogen-bond donors (Lipinski definition) is 0. The van der Waals surface area contributed by atoms with Gasteiger partial charge in [-0.1, -0.05) is 11.6 Å². The predicted molar refractivity (Wildman–Crippen MR) is 107 cm³/mol. The molecule has 1 aromatic rings. The zero-order valence-electron chi connectivity index (χ0n) is 16.3. The Bertz CT molecular complexity index is 772. The van der Waals surface area contributed by atoms with Crippen LogP contribution < -0.4 is 0 Å². The molecule has 28 heavy (non-hydrogen) atoms. The minimum Gasteiger partial charge on any atom is -0.463 e. The maximum absolute atomic E-state index is 12.8. The van der Waals surface area contributed by atoms with Crippen molar-refractivity contribution in [1.29, 1.82) is 0 Å². The molecule has 0 N–H and O–H groups in total. The lowest BCUT2D eigenvalue weighted by Crippen LogP contribution is -2.37. The van der Waals surface area contributed by atoms with Gasteiger partial charge in [0.25, 0.3) is 0 Å². The number of carbonyl (C=O) groups excluding carboxylic acids is 2. The van der Waals surface area contributed by atoms with Crippen LogP contribution in [0.1, 0.15) is 25.3 Å². The van der Waals surface area contributed by atoms with E-state index in [0.717, 1.165) is 0 Å². The molecule has 0 bridgehead atoms. The third kappa shape index (κ3) is 5.20. The highest BCUT2D eigenvalue weighted by atomic mass is 35.5. The lowest BCUT2D eigenvalue weighted by atomic mass is 9.76. The number of aliphatic imine (C=N–C) groups is 1. The van der Waals surface area contributed by atoms with Gasteiger partial charge in [-0.05, 0) is 30.9 Å². The van der Waals surface area contributed by atoms with Crippen molar-refractivity contribution < 1.29 is 28.5 Å². The summed E-state index contributed by atoms with van der Waals surface area (Å²) in [5.41, 5.74) is 2.03. The van der Waals surface area contributed by atoms with Crippen LogP contribution in [0.25, 0.3) is 0 Å². The molecule has 0 fully saturated rings. The number of ether oxygens (including phenoxy) is 4. The molecule has 7 nitrogen and oxygen atoms in total. The van der Waals surface area contributed by atoms with Gasteiger partial charge in [-0.25, -0.2) is 4.79 Å². The molecular formula is C19H24ClNO6S. The van der Waals surface area contributed by atoms with E-state index in [2.05, 4.69) is 4.99 Å². The minimum atomic E-state index is -0.780. The average molecular weight is 430 g/mol. The quantitative estimate of drug-likeness (QED) is 0.442. The van der Waals surface area contributed by atoms with Gasteiger partial charge in [0.05, 0.1) is 23.1 Å². The van der Waals surface area contributed by atoms with Gasteiger partial charge in [0.2, 0.25) is 0 Å². The standard InChI is InChI=1S/C19H24ClNO6S/c1-11-14(18(22)26-8-6-24-3)16(13-5-10-28-17(13)20)15(12(2)21-11)19(23)27-9-7-25-4/h5,10,14,16H,6-9H2,1-4H3. The van der Waals surface area contributed by atoms with Crippen molar-refractivity contribution in [2.75, 3.05) is 40.6 Å². The van der Waals surface area contributed by atoms with Gasteiger partial charge in [0.1, 0.15) is 19.1 Å². The first-order valence-electron chi connectivity index (χ1n) is 8.72. The fourth-order valence-corrected chi connectivity index (χ4v) is 4.08. The van der Waals surface area contributed by atoms with Gasteiger partial charge in [0.15, 0.2) is 0 Å². The Hall–Kier alpha value is -1.74. The lowest BCUT2D eigenvalue weighted by molar-refractivity contribution is -0.148. The molecule has 0 amide bonds. The Kier molecular flexibility index (Phi) is 8.62. The van der Waals surface area contributed by atoms with E-state index >= 15 is 0 Å². The fraction of sp³-hybridized carbons (Fsp3) is 0.526. The first-order chi connectivity index (χ1) is 13.4. The van der Waals surface area contributed by atoms with Gasteiger partial charge in [-0.2, -0.15) is 0 Å². The zero-order valence-corrected chi connectivity index (χ0v) is 17.9. The van der Waals surface area contributed by atoms with Crippen LogP contribution in [0.2, 0.25) is 4.34 Å². The zero-order chi connectivity index (χ0) is 20.7. The van der Waals surface area contributed by atoms with Crippen LogP contribution in [0, 0.1) is 5.92 Å². The normalized spacial score (nSPS) is 19.4. The third-order valence-electron chi connectivity index (χ3n) is 4.34. The summed E-state index contributed by atoms with van der Waals surface area (Å²) in [4.78, 5) is 30.1. The Balaban J connectivity index is 2.42. The molecule has 0 aromatic carbocycles. The van der Waals surface area contributed by atoms with Crippen molar-refractivity contribution >= 4 is 40.6 Å². The molecular weight excluding hydrogens is 406 g/mol. The molecule has 2 atom stereocenters. The van der Waals surface area contributed by atoms with E-state index in [4.69, 9.17) is 30.5 Å². The number of rotatable bonds is 9. The van der Waals surface area contributed by atoms with Crippen molar-refractivity contribution in [3.05, 3.63) is 32.6 Å². The van der Waals surface area contributed by atoms with E-state index < -0.39 is 23.8 Å². The van der Waals surface area contributed by atoms with Gasteiger partial charge in [-0.3, -0.25) is 9.79 Å². The fourth-order valence-electron chi connectivity index (χ4n) is 3.08. The smallest absolute Gasteiger partial charge is 0.336 e. The maximum atomic E-state index is 12.8. The molecule has 2 rings (SSSR count). The number of thiophene rings is 1. The minimum absolute atomic E-state index is 0.0991. The first-order valence-corrected chi connectivity index (χ1v) is 9.98. The summed E-state index contributed by atoms with van der Waals surface area (Å²) >= 11 is 7.70. The molecule has 0 radical (unpaired) electrons. The van der Waals surface area contributed by atoms with Crippen LogP contribution in [-0.4, -0.2) is 58.3 Å². The highest BCUT2D eigenvalue weighted by molar-refractivity contribution is 7.14. The first kappa shape index (κ1) is 22.5. The second-order valence-electron chi connectivity index (χ2n) is 6.15. The Morgan fingerprint density at radius 1 is 1.11 bits per heavy atom. The summed E-state index contributed by atoms with van der Waals surface area (Å²) in [5.74, 6) is -2.45. The monoisotopic (exact) mass is 429 g/mol. The third-order valence-corrected chi connectivity index (χ3v) is 5.54. The molecule has 0 saturated carbocycles. The van der Waals surface area contributed by atoms with E-state index in [1.165, 1.54) is 25.6 Å². The highest BCUT2D eigenvalue weighted by Crippen LogP contribution is 2.44. The Morgan fingerprint density at radius 2 is 1.75 bits per heavy atom. The Morgan fingerprint density at radius 3 is 2.32 bits per heavy atom. The lowest BCUT2D eigenvalue weighted by Gasteiger charge is -2.31. The van der Waals surface area contributed by atoms with Gasteiger partial charge in [-0.15, -0.1) is 11.3 Å². The number of nitrogens with zero attached hydrogens (tertiary/aromatic N) is 1. The van der Waals surface area contributed by atoms with Crippen LogP contribution in [0.15, 0.2) is 27.7 Å². The molecule has 1 aliphatic rings. The van der Waals surface area contributed by atoms with Crippen molar-refractivity contribution in [1.82, 2.24) is 0 Å². The number of carbonyl (C=O) groups is 2. The van der Waals surface area contributed by atoms with E-state index in [1.807, 2.05) is 5.38 Å². The second-order valence-corrected chi connectivity index (χ2v) is 7.66. The maximum Gasteiger partial charge on any atom is 0.336 e. The van der Waals surface area contributed by atoms with Gasteiger partial charge < -0.3 is 18.9 Å².